The van der Waals surface area contributed by atoms with Gasteiger partial charge in [0.05, 0.1) is 5.75 Å². The van der Waals surface area contributed by atoms with Crippen LogP contribution in [0.4, 0.5) is 0 Å². The van der Waals surface area contributed by atoms with Gasteiger partial charge in [0.25, 0.3) is 21.9 Å². The smallest absolute Gasteiger partial charge is 0.352 e. The average Bonchev–Trinajstić information content (AvgIpc) is 3.36. The van der Waals surface area contributed by atoms with E-state index in [0.29, 0.717) is 47.9 Å². The summed E-state index contributed by atoms with van der Waals surface area (Å²) >= 11 is 2.52. The maximum absolute atomic E-state index is 12.9. The van der Waals surface area contributed by atoms with Crippen LogP contribution in [0.1, 0.15) is 30.9 Å². The number of nitrogens with zero attached hydrogens (tertiary/aromatic N) is 5. The quantitative estimate of drug-likeness (QED) is 0.106. The zero-order valence-corrected chi connectivity index (χ0v) is 22.9. The summed E-state index contributed by atoms with van der Waals surface area (Å²) in [7, 11) is -4.00. The van der Waals surface area contributed by atoms with Crippen LogP contribution in [-0.2, 0) is 31.0 Å². The van der Waals surface area contributed by atoms with Gasteiger partial charge in [-0.3, -0.25) is 19.0 Å². The van der Waals surface area contributed by atoms with E-state index < -0.39 is 45.4 Å². The number of carbonyl (C=O) groups excluding carboxylic acids is 2. The van der Waals surface area contributed by atoms with Gasteiger partial charge < -0.3 is 15.5 Å². The van der Waals surface area contributed by atoms with Crippen LogP contribution in [0.5, 0.6) is 0 Å². The third-order valence-corrected chi connectivity index (χ3v) is 9.25. The fraction of sp³-hybridized carbons (Fsp3) is 0.455. The number of amides is 2. The molecule has 1 aromatic heterocycles. The number of aliphatic carboxylic acids is 1. The molecule has 2 aliphatic heterocycles. The molecule has 1 saturated heterocycles. The van der Waals surface area contributed by atoms with Crippen LogP contribution in [0.2, 0.25) is 0 Å². The van der Waals surface area contributed by atoms with E-state index in [2.05, 4.69) is 20.8 Å². The third-order valence-electron chi connectivity index (χ3n) is 6.06. The Balaban J connectivity index is 1.36. The van der Waals surface area contributed by atoms with Crippen LogP contribution in [0.25, 0.3) is 0 Å². The van der Waals surface area contributed by atoms with E-state index in [1.54, 1.807) is 30.3 Å². The maximum Gasteiger partial charge on any atom is 0.352 e. The fourth-order valence-electron chi connectivity index (χ4n) is 4.13. The number of rotatable bonds is 13. The first kappa shape index (κ1) is 29.0. The molecule has 1 unspecified atom stereocenters. The number of aromatic nitrogens is 4. The molecule has 0 aliphatic carbocycles. The molecule has 17 heteroatoms. The Labute approximate surface area is 232 Å². The molecule has 1 aromatic carbocycles. The minimum atomic E-state index is -4.00. The minimum absolute atomic E-state index is 0.144. The van der Waals surface area contributed by atoms with E-state index in [1.807, 2.05) is 0 Å². The standard InChI is InChI=1S/C22H26N6O8S3/c29-17(13-7-3-1-4-8-13)18(30)23-15-19(31)28-16(21(32)33)14(11-37-20(15)28)12-38-22-24-25-26-27(22)9-5-2-6-10-39(34,35)36/h1,3-4,7-8,15,17,20,29H,2,5-6,9-12H2,(H,23,30)(H,32,33)(H,34,35,36)/t15?,17-,20-/m1/s1. The van der Waals surface area contributed by atoms with Gasteiger partial charge in [-0.05, 0) is 34.4 Å². The molecule has 2 aliphatic rings. The molecular weight excluding hydrogens is 572 g/mol. The summed E-state index contributed by atoms with van der Waals surface area (Å²) in [6, 6.07) is 7.31. The SMILES string of the molecule is O=C(O)C1=C(CSc2nnnn2CCCCCS(=O)(=O)O)CS[C@@H]2C(NC(=O)[C@H](O)c3ccccc3)C(=O)N12. The molecule has 0 spiro atoms. The van der Waals surface area contributed by atoms with Crippen molar-refractivity contribution in [3.63, 3.8) is 0 Å². The Morgan fingerprint density at radius 2 is 1.95 bits per heavy atom. The van der Waals surface area contributed by atoms with E-state index in [1.165, 1.54) is 28.2 Å². The molecule has 210 valence electrons. The van der Waals surface area contributed by atoms with Gasteiger partial charge in [-0.15, -0.1) is 16.9 Å². The first-order chi connectivity index (χ1) is 18.6. The topological polar surface area (TPSA) is 205 Å². The number of thioether (sulfide) groups is 2. The third kappa shape index (κ3) is 6.96. The van der Waals surface area contributed by atoms with Gasteiger partial charge in [-0.25, -0.2) is 9.48 Å². The van der Waals surface area contributed by atoms with Crippen molar-refractivity contribution in [2.45, 2.75) is 48.5 Å². The molecule has 14 nitrogen and oxygen atoms in total. The van der Waals surface area contributed by atoms with Crippen molar-refractivity contribution in [1.82, 2.24) is 30.4 Å². The number of carbonyl (C=O) groups is 3. The lowest BCUT2D eigenvalue weighted by molar-refractivity contribution is -0.151. The summed E-state index contributed by atoms with van der Waals surface area (Å²) in [5.74, 6) is -2.40. The number of benzene rings is 1. The fourth-order valence-corrected chi connectivity index (χ4v) is 7.09. The summed E-state index contributed by atoms with van der Waals surface area (Å²) < 4.78 is 32.0. The lowest BCUT2D eigenvalue weighted by Crippen LogP contribution is -2.70. The lowest BCUT2D eigenvalue weighted by Gasteiger charge is -2.49. The number of aliphatic hydroxyl groups is 1. The van der Waals surface area contributed by atoms with Crippen LogP contribution in [0, 0.1) is 0 Å². The van der Waals surface area contributed by atoms with Crippen molar-refractivity contribution in [1.29, 1.82) is 0 Å². The molecule has 0 radical (unpaired) electrons. The maximum atomic E-state index is 12.9. The lowest BCUT2D eigenvalue weighted by atomic mass is 10.0. The Bertz CT molecular complexity index is 1370. The molecule has 0 bridgehead atoms. The molecule has 4 N–H and O–H groups in total. The van der Waals surface area contributed by atoms with Gasteiger partial charge in [0.15, 0.2) is 6.10 Å². The zero-order chi connectivity index (χ0) is 28.2. The predicted molar refractivity (Wildman–Crippen MR) is 140 cm³/mol. The second-order valence-corrected chi connectivity index (χ2v) is 12.4. The first-order valence-electron chi connectivity index (χ1n) is 11.8. The molecule has 2 amide bonds. The van der Waals surface area contributed by atoms with Gasteiger partial charge in [-0.1, -0.05) is 48.5 Å². The Morgan fingerprint density at radius 1 is 1.21 bits per heavy atom. The second-order valence-electron chi connectivity index (χ2n) is 8.79. The first-order valence-corrected chi connectivity index (χ1v) is 15.5. The van der Waals surface area contributed by atoms with Crippen LogP contribution < -0.4 is 5.32 Å². The number of carboxylic acid groups (broad SMARTS) is 1. The van der Waals surface area contributed by atoms with E-state index in [4.69, 9.17) is 4.55 Å². The molecule has 2 aromatic rings. The van der Waals surface area contributed by atoms with Crippen LogP contribution in [0.3, 0.4) is 0 Å². The number of carboxylic acids is 1. The monoisotopic (exact) mass is 598 g/mol. The molecule has 39 heavy (non-hydrogen) atoms. The number of nitrogens with one attached hydrogen (secondary N) is 1. The van der Waals surface area contributed by atoms with Gasteiger partial charge in [0.2, 0.25) is 5.16 Å². The largest absolute Gasteiger partial charge is 0.477 e. The van der Waals surface area contributed by atoms with E-state index in [9.17, 15) is 33.0 Å². The average molecular weight is 599 g/mol. The highest BCUT2D eigenvalue weighted by Gasteiger charge is 2.54. The number of aliphatic hydroxyl groups excluding tert-OH is 1. The number of hydrogen-bond acceptors (Lipinski definition) is 11. The van der Waals surface area contributed by atoms with Crippen LogP contribution in [-0.4, -0.2) is 94.7 Å². The highest BCUT2D eigenvalue weighted by Crippen LogP contribution is 2.41. The van der Waals surface area contributed by atoms with Crippen LogP contribution >= 0.6 is 23.5 Å². The summed E-state index contributed by atoms with van der Waals surface area (Å²) in [5, 5.41) is 34.1. The van der Waals surface area contributed by atoms with Crippen molar-refractivity contribution in [3.05, 3.63) is 47.2 Å². The number of unbranched alkanes of at least 4 members (excludes halogenated alkanes) is 2. The van der Waals surface area contributed by atoms with Gasteiger partial charge in [0, 0.05) is 18.1 Å². The van der Waals surface area contributed by atoms with E-state index >= 15 is 0 Å². The van der Waals surface area contributed by atoms with E-state index in [-0.39, 0.29) is 17.2 Å². The van der Waals surface area contributed by atoms with Gasteiger partial charge in [-0.2, -0.15) is 8.42 Å². The Morgan fingerprint density at radius 3 is 2.64 bits per heavy atom. The zero-order valence-electron chi connectivity index (χ0n) is 20.4. The van der Waals surface area contributed by atoms with Crippen molar-refractivity contribution >= 4 is 51.4 Å². The molecule has 1 fully saturated rings. The van der Waals surface area contributed by atoms with Crippen molar-refractivity contribution < 1.29 is 37.6 Å². The van der Waals surface area contributed by atoms with Crippen molar-refractivity contribution in [3.8, 4) is 0 Å². The summed E-state index contributed by atoms with van der Waals surface area (Å²) in [5.41, 5.74) is 0.731. The number of tetrazole rings is 1. The highest BCUT2D eigenvalue weighted by molar-refractivity contribution is 8.01. The van der Waals surface area contributed by atoms with Crippen molar-refractivity contribution in [2.75, 3.05) is 17.3 Å². The van der Waals surface area contributed by atoms with E-state index in [0.717, 1.165) is 4.90 Å². The number of aryl methyl sites for hydroxylation is 1. The van der Waals surface area contributed by atoms with Crippen molar-refractivity contribution in [2.24, 2.45) is 0 Å². The summed E-state index contributed by atoms with van der Waals surface area (Å²) in [4.78, 5) is 38.7. The molecule has 4 rings (SSSR count). The number of hydrogen-bond donors (Lipinski definition) is 4. The second kappa shape index (κ2) is 12.5. The predicted octanol–water partition coefficient (Wildman–Crippen LogP) is 0.296. The van der Waals surface area contributed by atoms with Crippen LogP contribution in [0.15, 0.2) is 46.8 Å². The molecular formula is C22H26N6O8S3. The normalized spacial score (nSPS) is 19.8. The minimum Gasteiger partial charge on any atom is -0.477 e. The Hall–Kier alpha value is -2.99. The summed E-state index contributed by atoms with van der Waals surface area (Å²) in [6.45, 7) is 0.406. The number of β-lactam (4-membered cyclic amide) rings is 1. The number of fused-ring (bicyclic) bond motifs is 1. The van der Waals surface area contributed by atoms with Gasteiger partial charge in [0.1, 0.15) is 17.1 Å². The molecule has 3 heterocycles. The molecule has 0 saturated carbocycles. The molecule has 3 atom stereocenters. The van der Waals surface area contributed by atoms with Gasteiger partial charge >= 0.3 is 5.97 Å². The summed E-state index contributed by atoms with van der Waals surface area (Å²) in [6.07, 6.45) is -0.0550. The Kier molecular flexibility index (Phi) is 9.27. The highest BCUT2D eigenvalue weighted by atomic mass is 32.2.